The number of nitrogens with zero attached hydrogens (tertiary/aromatic N) is 2. The van der Waals surface area contributed by atoms with Gasteiger partial charge in [0.15, 0.2) is 0 Å². The minimum Gasteiger partial charge on any atom is -0.370 e. The van der Waals surface area contributed by atoms with Crippen molar-refractivity contribution in [3.05, 3.63) is 11.9 Å². The van der Waals surface area contributed by atoms with E-state index in [1.54, 1.807) is 0 Å². The van der Waals surface area contributed by atoms with Crippen LogP contribution in [0.2, 0.25) is 0 Å². The topological polar surface area (TPSA) is 49.8 Å². The van der Waals surface area contributed by atoms with Crippen LogP contribution in [-0.4, -0.2) is 23.1 Å². The van der Waals surface area contributed by atoms with Gasteiger partial charge in [-0.05, 0) is 38.5 Å². The average molecular weight is 248 g/mol. The highest BCUT2D eigenvalue weighted by Gasteiger charge is 2.20. The molecule has 0 amide bonds. The van der Waals surface area contributed by atoms with Gasteiger partial charge in [0.1, 0.15) is 17.5 Å². The summed E-state index contributed by atoms with van der Waals surface area (Å²) in [7, 11) is 0. The van der Waals surface area contributed by atoms with Gasteiger partial charge in [0.2, 0.25) is 0 Å². The molecule has 4 heteroatoms. The molecule has 2 unspecified atom stereocenters. The van der Waals surface area contributed by atoms with Gasteiger partial charge in [-0.15, -0.1) is 0 Å². The highest BCUT2D eigenvalue weighted by Crippen LogP contribution is 2.30. The maximum Gasteiger partial charge on any atom is 0.131 e. The highest BCUT2D eigenvalue weighted by molar-refractivity contribution is 5.47. The van der Waals surface area contributed by atoms with E-state index in [-0.39, 0.29) is 0 Å². The van der Waals surface area contributed by atoms with Crippen molar-refractivity contribution in [1.29, 1.82) is 0 Å². The summed E-state index contributed by atoms with van der Waals surface area (Å²) in [5.41, 5.74) is 0. The molecule has 1 heterocycles. The number of nitrogens with one attached hydrogen (secondary N) is 2. The Labute approximate surface area is 110 Å². The third-order valence-electron chi connectivity index (χ3n) is 3.57. The summed E-state index contributed by atoms with van der Waals surface area (Å²) in [5.74, 6) is 4.36. The van der Waals surface area contributed by atoms with E-state index in [0.717, 1.165) is 42.4 Å². The zero-order valence-electron chi connectivity index (χ0n) is 11.7. The van der Waals surface area contributed by atoms with Crippen LogP contribution in [0.15, 0.2) is 6.07 Å². The molecule has 1 aromatic heterocycles. The predicted octanol–water partition coefficient (Wildman–Crippen LogP) is 3.06. The third-order valence-corrected chi connectivity index (χ3v) is 3.57. The van der Waals surface area contributed by atoms with Crippen LogP contribution in [0.3, 0.4) is 0 Å². The molecule has 2 N–H and O–H groups in total. The van der Waals surface area contributed by atoms with Crippen molar-refractivity contribution in [2.24, 2.45) is 11.8 Å². The Bertz CT molecular complexity index is 391. The van der Waals surface area contributed by atoms with Crippen molar-refractivity contribution in [3.63, 3.8) is 0 Å². The van der Waals surface area contributed by atoms with Gasteiger partial charge in [-0.3, -0.25) is 0 Å². The molecule has 0 spiro atoms. The number of hydrogen-bond donors (Lipinski definition) is 2. The molecule has 0 aliphatic heterocycles. The van der Waals surface area contributed by atoms with E-state index < -0.39 is 0 Å². The van der Waals surface area contributed by atoms with Crippen LogP contribution in [0.4, 0.5) is 11.6 Å². The van der Waals surface area contributed by atoms with Crippen LogP contribution in [0.1, 0.15) is 38.9 Å². The molecule has 4 nitrogen and oxygen atoms in total. The van der Waals surface area contributed by atoms with Gasteiger partial charge in [-0.25, -0.2) is 9.97 Å². The first-order valence-electron chi connectivity index (χ1n) is 7.00. The Morgan fingerprint density at radius 2 is 1.94 bits per heavy atom. The molecule has 1 aromatic rings. The monoisotopic (exact) mass is 248 g/mol. The van der Waals surface area contributed by atoms with Crippen molar-refractivity contribution in [1.82, 2.24) is 9.97 Å². The van der Waals surface area contributed by atoms with Crippen molar-refractivity contribution < 1.29 is 0 Å². The molecule has 1 fully saturated rings. The Kier molecular flexibility index (Phi) is 4.39. The summed E-state index contributed by atoms with van der Waals surface area (Å²) in [5, 5.41) is 6.69. The van der Waals surface area contributed by atoms with E-state index in [9.17, 15) is 0 Å². The van der Waals surface area contributed by atoms with Crippen molar-refractivity contribution in [3.8, 4) is 0 Å². The van der Waals surface area contributed by atoms with Crippen LogP contribution in [0.5, 0.6) is 0 Å². The molecule has 1 aliphatic carbocycles. The largest absolute Gasteiger partial charge is 0.370 e. The molecule has 2 rings (SSSR count). The second kappa shape index (κ2) is 6.03. The van der Waals surface area contributed by atoms with Crippen LogP contribution in [0.25, 0.3) is 0 Å². The fourth-order valence-electron chi connectivity index (χ4n) is 2.69. The zero-order valence-corrected chi connectivity index (χ0v) is 11.7. The van der Waals surface area contributed by atoms with E-state index in [1.165, 1.54) is 19.3 Å². The van der Waals surface area contributed by atoms with Gasteiger partial charge in [-0.1, -0.05) is 13.3 Å². The molecule has 0 bridgehead atoms. The van der Waals surface area contributed by atoms with Gasteiger partial charge in [0, 0.05) is 19.2 Å². The quantitative estimate of drug-likeness (QED) is 0.841. The Hall–Kier alpha value is -1.32. The molecule has 1 aliphatic rings. The predicted molar refractivity (Wildman–Crippen MR) is 75.9 cm³/mol. The molecule has 0 radical (unpaired) electrons. The Morgan fingerprint density at radius 1 is 1.22 bits per heavy atom. The van der Waals surface area contributed by atoms with Gasteiger partial charge in [0.05, 0.1) is 0 Å². The summed E-state index contributed by atoms with van der Waals surface area (Å²) in [4.78, 5) is 8.79. The third kappa shape index (κ3) is 3.59. The number of aryl methyl sites for hydroxylation is 1. The molecule has 18 heavy (non-hydrogen) atoms. The Morgan fingerprint density at radius 3 is 2.56 bits per heavy atom. The summed E-state index contributed by atoms with van der Waals surface area (Å²) in [6, 6.07) is 1.99. The maximum atomic E-state index is 4.43. The second-order valence-electron chi connectivity index (χ2n) is 5.38. The van der Waals surface area contributed by atoms with Crippen LogP contribution >= 0.6 is 0 Å². The van der Waals surface area contributed by atoms with Crippen molar-refractivity contribution in [2.45, 2.75) is 40.0 Å². The molecule has 2 atom stereocenters. The molecule has 0 saturated heterocycles. The summed E-state index contributed by atoms with van der Waals surface area (Å²) in [6.45, 7) is 8.27. The smallest absolute Gasteiger partial charge is 0.131 e. The minimum atomic E-state index is 0.804. The first-order chi connectivity index (χ1) is 8.67. The fraction of sp³-hybridized carbons (Fsp3) is 0.714. The molecular formula is C14H24N4. The highest BCUT2D eigenvalue weighted by atomic mass is 15.1. The number of aromatic nitrogens is 2. The van der Waals surface area contributed by atoms with Crippen LogP contribution in [-0.2, 0) is 0 Å². The Balaban J connectivity index is 1.92. The van der Waals surface area contributed by atoms with Crippen molar-refractivity contribution >= 4 is 11.6 Å². The lowest BCUT2D eigenvalue weighted by Crippen LogP contribution is -2.13. The lowest BCUT2D eigenvalue weighted by atomic mass is 10.1. The van der Waals surface area contributed by atoms with Crippen LogP contribution in [0, 0.1) is 18.8 Å². The van der Waals surface area contributed by atoms with E-state index in [1.807, 2.05) is 13.0 Å². The van der Waals surface area contributed by atoms with Crippen LogP contribution < -0.4 is 10.6 Å². The number of rotatable bonds is 5. The summed E-state index contributed by atoms with van der Waals surface area (Å²) < 4.78 is 0. The number of anilines is 2. The van der Waals surface area contributed by atoms with E-state index in [4.69, 9.17) is 0 Å². The summed E-state index contributed by atoms with van der Waals surface area (Å²) in [6.07, 6.45) is 4.06. The molecule has 100 valence electrons. The lowest BCUT2D eigenvalue weighted by molar-refractivity contribution is 0.536. The normalized spacial score (nSPS) is 23.1. The average Bonchev–Trinajstić information content (AvgIpc) is 2.72. The van der Waals surface area contributed by atoms with E-state index in [0.29, 0.717) is 0 Å². The standard InChI is InChI=1S/C14H24N4/c1-4-15-13-8-14(18-11(3)17-13)16-9-12-6-5-10(2)7-12/h8,10,12H,4-7,9H2,1-3H3,(H2,15,16,17,18). The van der Waals surface area contributed by atoms with E-state index in [2.05, 4.69) is 34.4 Å². The first kappa shape index (κ1) is 13.1. The summed E-state index contributed by atoms with van der Waals surface area (Å²) >= 11 is 0. The van der Waals surface area contributed by atoms with Gasteiger partial charge < -0.3 is 10.6 Å². The fourth-order valence-corrected chi connectivity index (χ4v) is 2.69. The SMILES string of the molecule is CCNc1cc(NCC2CCC(C)C2)nc(C)n1. The molecular weight excluding hydrogens is 224 g/mol. The van der Waals surface area contributed by atoms with E-state index >= 15 is 0 Å². The van der Waals surface area contributed by atoms with Crippen molar-refractivity contribution in [2.75, 3.05) is 23.7 Å². The van der Waals surface area contributed by atoms with Gasteiger partial charge in [-0.2, -0.15) is 0 Å². The zero-order chi connectivity index (χ0) is 13.0. The minimum absolute atomic E-state index is 0.804. The lowest BCUT2D eigenvalue weighted by Gasteiger charge is -2.13. The second-order valence-corrected chi connectivity index (χ2v) is 5.38. The van der Waals surface area contributed by atoms with Gasteiger partial charge >= 0.3 is 0 Å². The first-order valence-corrected chi connectivity index (χ1v) is 7.00. The maximum absolute atomic E-state index is 4.43. The molecule has 1 saturated carbocycles. The number of hydrogen-bond acceptors (Lipinski definition) is 4. The van der Waals surface area contributed by atoms with Gasteiger partial charge in [0.25, 0.3) is 0 Å². The molecule has 0 aromatic carbocycles.